The molecule has 0 saturated heterocycles. The highest BCUT2D eigenvalue weighted by Gasteiger charge is 2.32. The van der Waals surface area contributed by atoms with Crippen LogP contribution in [-0.2, 0) is 0 Å². The maximum atomic E-state index is 12.6. The number of imidazole rings is 1. The van der Waals surface area contributed by atoms with Crippen LogP contribution in [0.4, 0.5) is 13.2 Å². The Labute approximate surface area is 134 Å². The van der Waals surface area contributed by atoms with Crippen molar-refractivity contribution in [2.45, 2.75) is 13.3 Å². The largest absolute Gasteiger partial charge is 0.573 e. The molecule has 0 aliphatic rings. The summed E-state index contributed by atoms with van der Waals surface area (Å²) in [4.78, 5) is 15.5. The smallest absolute Gasteiger partial charge is 0.405 e. The van der Waals surface area contributed by atoms with Gasteiger partial charge >= 0.3 is 6.36 Å². The van der Waals surface area contributed by atoms with E-state index in [1.165, 1.54) is 36.5 Å². The van der Waals surface area contributed by atoms with Crippen LogP contribution in [0.2, 0.25) is 0 Å². The molecule has 5 nitrogen and oxygen atoms in total. The minimum Gasteiger partial charge on any atom is -0.405 e. The Kier molecular flexibility index (Phi) is 3.67. The van der Waals surface area contributed by atoms with Gasteiger partial charge in [0.25, 0.3) is 0 Å². The highest BCUT2D eigenvalue weighted by Crippen LogP contribution is 2.35. The van der Waals surface area contributed by atoms with Crippen LogP contribution in [0.5, 0.6) is 5.75 Å². The van der Waals surface area contributed by atoms with Gasteiger partial charge in [-0.15, -0.1) is 13.2 Å². The first-order valence-corrected chi connectivity index (χ1v) is 6.90. The number of hydrogen-bond donors (Lipinski definition) is 1. The van der Waals surface area contributed by atoms with Crippen LogP contribution in [0, 0.1) is 6.92 Å². The lowest BCUT2D eigenvalue weighted by Crippen LogP contribution is -2.17. The fraction of sp³-hybridized carbons (Fsp3) is 0.125. The summed E-state index contributed by atoms with van der Waals surface area (Å²) in [5.74, 6) is -0.936. The van der Waals surface area contributed by atoms with Crippen LogP contribution >= 0.6 is 0 Å². The molecule has 0 atom stereocenters. The van der Waals surface area contributed by atoms with Crippen LogP contribution in [0.3, 0.4) is 0 Å². The number of carbonyl (C=O) groups is 1. The van der Waals surface area contributed by atoms with Gasteiger partial charge in [0.1, 0.15) is 11.4 Å². The maximum Gasteiger partial charge on any atom is 0.573 e. The molecule has 0 radical (unpaired) electrons. The number of rotatable bonds is 3. The molecule has 1 amide bonds. The van der Waals surface area contributed by atoms with Gasteiger partial charge in [0.2, 0.25) is 5.91 Å². The van der Waals surface area contributed by atoms with Crippen LogP contribution in [-0.4, -0.2) is 21.7 Å². The minimum absolute atomic E-state index is 0.242. The summed E-state index contributed by atoms with van der Waals surface area (Å²) in [6.07, 6.45) is -3.27. The Balaban J connectivity index is 2.20. The molecule has 0 spiro atoms. The van der Waals surface area contributed by atoms with Crippen molar-refractivity contribution in [2.24, 2.45) is 5.73 Å². The number of ether oxygens (including phenoxy) is 1. The molecule has 0 aliphatic heterocycles. The molecule has 0 aliphatic carbocycles. The predicted octanol–water partition coefficient (Wildman–Crippen LogP) is 3.31. The number of para-hydroxylation sites is 1. The summed E-state index contributed by atoms with van der Waals surface area (Å²) in [5.41, 5.74) is 7.08. The first kappa shape index (κ1) is 15.9. The van der Waals surface area contributed by atoms with E-state index in [-0.39, 0.29) is 16.9 Å². The molecule has 124 valence electrons. The summed E-state index contributed by atoms with van der Waals surface area (Å²) in [6, 6.07) is 8.77. The van der Waals surface area contributed by atoms with E-state index in [0.29, 0.717) is 17.0 Å². The number of primary amides is 1. The second kappa shape index (κ2) is 5.55. The lowest BCUT2D eigenvalue weighted by Gasteiger charge is -2.13. The van der Waals surface area contributed by atoms with Gasteiger partial charge < -0.3 is 10.5 Å². The summed E-state index contributed by atoms with van der Waals surface area (Å²) in [5, 5.41) is 0. The molecule has 3 aromatic rings. The summed E-state index contributed by atoms with van der Waals surface area (Å²) < 4.78 is 43.6. The first-order chi connectivity index (χ1) is 11.3. The second-order valence-corrected chi connectivity index (χ2v) is 5.10. The zero-order chi connectivity index (χ0) is 17.5. The fourth-order valence-corrected chi connectivity index (χ4v) is 2.52. The monoisotopic (exact) mass is 335 g/mol. The van der Waals surface area contributed by atoms with Crippen LogP contribution in [0.1, 0.15) is 16.1 Å². The molecule has 2 aromatic heterocycles. The average molecular weight is 335 g/mol. The number of nitrogens with zero attached hydrogens (tertiary/aromatic N) is 2. The average Bonchev–Trinajstić information content (AvgIpc) is 2.81. The van der Waals surface area contributed by atoms with E-state index in [4.69, 9.17) is 5.73 Å². The molecular weight excluding hydrogens is 323 g/mol. The van der Waals surface area contributed by atoms with E-state index < -0.39 is 12.3 Å². The van der Waals surface area contributed by atoms with Crippen molar-refractivity contribution >= 4 is 11.6 Å². The Morgan fingerprint density at radius 2 is 1.96 bits per heavy atom. The number of aryl methyl sites for hydroxylation is 1. The van der Waals surface area contributed by atoms with Crippen LogP contribution in [0.25, 0.3) is 16.9 Å². The molecule has 2 heterocycles. The molecule has 1 aromatic carbocycles. The number of alkyl halides is 3. The Bertz CT molecular complexity index is 932. The van der Waals surface area contributed by atoms with E-state index in [2.05, 4.69) is 9.72 Å². The Morgan fingerprint density at radius 3 is 2.62 bits per heavy atom. The van der Waals surface area contributed by atoms with E-state index >= 15 is 0 Å². The van der Waals surface area contributed by atoms with Crippen molar-refractivity contribution in [3.05, 3.63) is 53.9 Å². The molecular formula is C16H12F3N3O2. The Hall–Kier alpha value is -3.03. The number of pyridine rings is 1. The quantitative estimate of drug-likeness (QED) is 0.798. The predicted molar refractivity (Wildman–Crippen MR) is 80.6 cm³/mol. The van der Waals surface area contributed by atoms with Crippen molar-refractivity contribution in [3.63, 3.8) is 0 Å². The topological polar surface area (TPSA) is 69.6 Å². The number of nitrogens with two attached hydrogens (primary N) is 1. The van der Waals surface area contributed by atoms with Gasteiger partial charge in [-0.05, 0) is 31.2 Å². The van der Waals surface area contributed by atoms with Crippen LogP contribution < -0.4 is 10.5 Å². The van der Waals surface area contributed by atoms with Crippen molar-refractivity contribution in [1.29, 1.82) is 0 Å². The zero-order valence-corrected chi connectivity index (χ0v) is 12.5. The lowest BCUT2D eigenvalue weighted by molar-refractivity contribution is -0.274. The third kappa shape index (κ3) is 2.90. The van der Waals surface area contributed by atoms with Crippen molar-refractivity contribution < 1.29 is 22.7 Å². The van der Waals surface area contributed by atoms with Gasteiger partial charge in [0, 0.05) is 17.3 Å². The zero-order valence-electron chi connectivity index (χ0n) is 12.5. The molecule has 24 heavy (non-hydrogen) atoms. The minimum atomic E-state index is -4.80. The molecule has 0 saturated carbocycles. The van der Waals surface area contributed by atoms with Gasteiger partial charge in [-0.2, -0.15) is 0 Å². The number of carbonyl (C=O) groups excluding carboxylic acids is 1. The van der Waals surface area contributed by atoms with Crippen molar-refractivity contribution in [3.8, 4) is 17.0 Å². The Morgan fingerprint density at radius 1 is 1.25 bits per heavy atom. The van der Waals surface area contributed by atoms with Crippen molar-refractivity contribution in [2.75, 3.05) is 0 Å². The van der Waals surface area contributed by atoms with E-state index in [9.17, 15) is 18.0 Å². The highest BCUT2D eigenvalue weighted by atomic mass is 19.4. The summed E-state index contributed by atoms with van der Waals surface area (Å²) >= 11 is 0. The number of benzene rings is 1. The van der Waals surface area contributed by atoms with E-state index in [1.807, 2.05) is 0 Å². The molecule has 0 unspecified atom stereocenters. The standard InChI is InChI=1S/C16H12F3N3O2/c1-9-14(11-4-2-3-5-12(11)24-16(17,18)19)22-7-6-10(15(20)23)8-13(22)21-9/h2-8H,1H3,(H2,20,23). The number of hydrogen-bond acceptors (Lipinski definition) is 3. The van der Waals surface area contributed by atoms with E-state index in [0.717, 1.165) is 0 Å². The molecule has 8 heteroatoms. The second-order valence-electron chi connectivity index (χ2n) is 5.10. The third-order valence-corrected chi connectivity index (χ3v) is 3.45. The third-order valence-electron chi connectivity index (χ3n) is 3.45. The normalized spacial score (nSPS) is 11.7. The maximum absolute atomic E-state index is 12.6. The summed E-state index contributed by atoms with van der Waals surface area (Å²) in [6.45, 7) is 1.66. The summed E-state index contributed by atoms with van der Waals surface area (Å²) in [7, 11) is 0. The number of halogens is 3. The van der Waals surface area contributed by atoms with Gasteiger partial charge in [-0.3, -0.25) is 9.20 Å². The first-order valence-electron chi connectivity index (χ1n) is 6.90. The molecule has 3 rings (SSSR count). The SMILES string of the molecule is Cc1nc2cc(C(N)=O)ccn2c1-c1ccccc1OC(F)(F)F. The number of aromatic nitrogens is 2. The lowest BCUT2D eigenvalue weighted by atomic mass is 10.1. The highest BCUT2D eigenvalue weighted by molar-refractivity contribution is 5.93. The molecule has 0 fully saturated rings. The molecule has 2 N–H and O–H groups in total. The van der Waals surface area contributed by atoms with Gasteiger partial charge in [-0.25, -0.2) is 4.98 Å². The molecule has 0 bridgehead atoms. The number of fused-ring (bicyclic) bond motifs is 1. The van der Waals surface area contributed by atoms with Gasteiger partial charge in [0.05, 0.1) is 11.4 Å². The fourth-order valence-electron chi connectivity index (χ4n) is 2.52. The van der Waals surface area contributed by atoms with Crippen LogP contribution in [0.15, 0.2) is 42.6 Å². The number of amides is 1. The van der Waals surface area contributed by atoms with E-state index in [1.54, 1.807) is 17.4 Å². The van der Waals surface area contributed by atoms with Gasteiger partial charge in [0.15, 0.2) is 0 Å². The van der Waals surface area contributed by atoms with Crippen molar-refractivity contribution in [1.82, 2.24) is 9.38 Å². The van der Waals surface area contributed by atoms with Gasteiger partial charge in [-0.1, -0.05) is 12.1 Å².